The van der Waals surface area contributed by atoms with E-state index in [0.29, 0.717) is 23.3 Å². The number of pyridine rings is 2. The van der Waals surface area contributed by atoms with E-state index >= 15 is 0 Å². The third kappa shape index (κ3) is 7.24. The molecule has 4 aromatic rings. The Kier molecular flexibility index (Phi) is 10.4. The van der Waals surface area contributed by atoms with E-state index in [0.717, 1.165) is 72.4 Å². The lowest BCUT2D eigenvalue weighted by Crippen LogP contribution is -2.39. The number of benzene rings is 2. The van der Waals surface area contributed by atoms with Crippen molar-refractivity contribution in [3.63, 3.8) is 0 Å². The SMILES string of the molecule is COCCN(CCN(C)CCN(CCOC)c1ccnc2cc(Cl)ccc12)c1ccnc2cc(Cl)ccc12. The summed E-state index contributed by atoms with van der Waals surface area (Å²) in [6.45, 7) is 6.37. The molecular weight excluding hydrogens is 521 g/mol. The van der Waals surface area contributed by atoms with Crippen LogP contribution in [0.2, 0.25) is 10.0 Å². The standard InChI is InChI=1S/C29H35Cl2N5O2/c1-34(12-14-35(16-18-37-2)28-8-10-32-26-20-22(30)4-6-24(26)28)13-15-36(17-19-38-3)29-9-11-33-27-21-23(31)5-7-25(27)29/h4-11,20-21H,12-19H2,1-3H3. The van der Waals surface area contributed by atoms with Gasteiger partial charge in [0.05, 0.1) is 24.2 Å². The molecule has 0 atom stereocenters. The minimum Gasteiger partial charge on any atom is -0.383 e. The number of halogens is 2. The number of anilines is 2. The molecule has 0 spiro atoms. The Morgan fingerprint density at radius 2 is 1.08 bits per heavy atom. The molecule has 0 N–H and O–H groups in total. The van der Waals surface area contributed by atoms with Crippen LogP contribution in [0.5, 0.6) is 0 Å². The minimum atomic E-state index is 0.644. The predicted molar refractivity (Wildman–Crippen MR) is 159 cm³/mol. The quantitative estimate of drug-likeness (QED) is 0.200. The average Bonchev–Trinajstić information content (AvgIpc) is 2.92. The van der Waals surface area contributed by atoms with Crippen LogP contribution in [0.25, 0.3) is 21.8 Å². The van der Waals surface area contributed by atoms with Crippen LogP contribution >= 0.6 is 23.2 Å². The highest BCUT2D eigenvalue weighted by atomic mass is 35.5. The van der Waals surface area contributed by atoms with Gasteiger partial charge in [-0.1, -0.05) is 23.2 Å². The summed E-state index contributed by atoms with van der Waals surface area (Å²) >= 11 is 12.4. The first-order valence-electron chi connectivity index (χ1n) is 12.7. The molecule has 0 saturated carbocycles. The van der Waals surface area contributed by atoms with Crippen LogP contribution in [0.4, 0.5) is 11.4 Å². The normalized spacial score (nSPS) is 11.5. The van der Waals surface area contributed by atoms with Gasteiger partial charge in [-0.3, -0.25) is 9.97 Å². The summed E-state index contributed by atoms with van der Waals surface area (Å²) in [4.78, 5) is 16.1. The van der Waals surface area contributed by atoms with Gasteiger partial charge in [0, 0.05) is 98.1 Å². The molecule has 0 fully saturated rings. The fourth-order valence-electron chi connectivity index (χ4n) is 4.57. The van der Waals surface area contributed by atoms with E-state index in [2.05, 4.69) is 43.8 Å². The lowest BCUT2D eigenvalue weighted by atomic mass is 10.1. The summed E-state index contributed by atoms with van der Waals surface area (Å²) in [5.74, 6) is 0. The first-order valence-corrected chi connectivity index (χ1v) is 13.5. The van der Waals surface area contributed by atoms with E-state index in [1.165, 1.54) is 0 Å². The van der Waals surface area contributed by atoms with Crippen LogP contribution < -0.4 is 9.80 Å². The van der Waals surface area contributed by atoms with Crippen molar-refractivity contribution in [3.05, 3.63) is 71.0 Å². The average molecular weight is 557 g/mol. The molecule has 0 aliphatic rings. The van der Waals surface area contributed by atoms with Gasteiger partial charge in [-0.15, -0.1) is 0 Å². The van der Waals surface area contributed by atoms with Gasteiger partial charge in [0.2, 0.25) is 0 Å². The Balaban J connectivity index is 1.45. The molecule has 0 unspecified atom stereocenters. The predicted octanol–water partition coefficient (Wildman–Crippen LogP) is 5.63. The summed E-state index contributed by atoms with van der Waals surface area (Å²) in [5, 5.41) is 3.55. The molecule has 0 aliphatic carbocycles. The monoisotopic (exact) mass is 555 g/mol. The number of hydrogen-bond acceptors (Lipinski definition) is 7. The van der Waals surface area contributed by atoms with Crippen molar-refractivity contribution in [1.29, 1.82) is 0 Å². The van der Waals surface area contributed by atoms with E-state index in [1.54, 1.807) is 14.2 Å². The molecule has 2 aromatic carbocycles. The number of aromatic nitrogens is 2. The highest BCUT2D eigenvalue weighted by Crippen LogP contribution is 2.29. The van der Waals surface area contributed by atoms with E-state index < -0.39 is 0 Å². The molecule has 0 saturated heterocycles. The molecule has 9 heteroatoms. The fraction of sp³-hybridized carbons (Fsp3) is 0.379. The third-order valence-corrected chi connectivity index (χ3v) is 7.15. The van der Waals surface area contributed by atoms with E-state index in [1.807, 2.05) is 48.8 Å². The Morgan fingerprint density at radius 3 is 1.50 bits per heavy atom. The molecule has 0 bridgehead atoms. The molecule has 0 amide bonds. The number of methoxy groups -OCH3 is 2. The summed E-state index contributed by atoms with van der Waals surface area (Å²) in [6, 6.07) is 15.9. The topological polar surface area (TPSA) is 54.0 Å². The van der Waals surface area contributed by atoms with Gasteiger partial charge in [0.15, 0.2) is 0 Å². The first kappa shape index (κ1) is 28.3. The molecule has 0 aliphatic heterocycles. The second kappa shape index (κ2) is 13.9. The number of fused-ring (bicyclic) bond motifs is 2. The number of ether oxygens (including phenoxy) is 2. The van der Waals surface area contributed by atoms with Crippen molar-refractivity contribution in [2.24, 2.45) is 0 Å². The highest BCUT2D eigenvalue weighted by Gasteiger charge is 2.15. The van der Waals surface area contributed by atoms with Crippen LogP contribution in [0.3, 0.4) is 0 Å². The Labute approximate surface area is 234 Å². The summed E-state index contributed by atoms with van der Waals surface area (Å²) in [6.07, 6.45) is 3.69. The van der Waals surface area contributed by atoms with Gasteiger partial charge in [-0.2, -0.15) is 0 Å². The van der Waals surface area contributed by atoms with Gasteiger partial charge < -0.3 is 24.2 Å². The molecule has 2 aromatic heterocycles. The smallest absolute Gasteiger partial charge is 0.0737 e. The van der Waals surface area contributed by atoms with Crippen LogP contribution in [-0.2, 0) is 9.47 Å². The van der Waals surface area contributed by atoms with Crippen molar-refractivity contribution >= 4 is 56.4 Å². The van der Waals surface area contributed by atoms with E-state index in [4.69, 9.17) is 32.7 Å². The van der Waals surface area contributed by atoms with Crippen LogP contribution in [-0.4, -0.2) is 88.6 Å². The second-order valence-corrected chi connectivity index (χ2v) is 10.1. The number of rotatable bonds is 14. The molecule has 7 nitrogen and oxygen atoms in total. The highest BCUT2D eigenvalue weighted by molar-refractivity contribution is 6.31. The number of hydrogen-bond donors (Lipinski definition) is 0. The van der Waals surface area contributed by atoms with Crippen molar-refractivity contribution in [2.75, 3.05) is 83.5 Å². The van der Waals surface area contributed by atoms with Crippen molar-refractivity contribution < 1.29 is 9.47 Å². The second-order valence-electron chi connectivity index (χ2n) is 9.25. The third-order valence-electron chi connectivity index (χ3n) is 6.68. The van der Waals surface area contributed by atoms with Gasteiger partial charge >= 0.3 is 0 Å². The number of likely N-dealkylation sites (N-methyl/N-ethyl adjacent to an activating group) is 1. The van der Waals surface area contributed by atoms with Crippen molar-refractivity contribution in [2.45, 2.75) is 0 Å². The molecule has 202 valence electrons. The maximum Gasteiger partial charge on any atom is 0.0737 e. The van der Waals surface area contributed by atoms with E-state index in [9.17, 15) is 0 Å². The molecule has 4 rings (SSSR count). The van der Waals surface area contributed by atoms with Crippen LogP contribution in [0.1, 0.15) is 0 Å². The molecular formula is C29H35Cl2N5O2. The summed E-state index contributed by atoms with van der Waals surface area (Å²) < 4.78 is 10.8. The number of nitrogens with zero attached hydrogens (tertiary/aromatic N) is 5. The van der Waals surface area contributed by atoms with Gasteiger partial charge in [-0.05, 0) is 55.6 Å². The largest absolute Gasteiger partial charge is 0.383 e. The summed E-state index contributed by atoms with van der Waals surface area (Å²) in [5.41, 5.74) is 4.07. The van der Waals surface area contributed by atoms with Crippen LogP contribution in [0, 0.1) is 0 Å². The first-order chi connectivity index (χ1) is 18.5. The Bertz CT molecular complexity index is 1240. The van der Waals surface area contributed by atoms with Crippen LogP contribution in [0.15, 0.2) is 60.9 Å². The molecule has 2 heterocycles. The maximum atomic E-state index is 6.21. The minimum absolute atomic E-state index is 0.644. The summed E-state index contributed by atoms with van der Waals surface area (Å²) in [7, 11) is 5.64. The van der Waals surface area contributed by atoms with E-state index in [-0.39, 0.29) is 0 Å². The molecule has 38 heavy (non-hydrogen) atoms. The lowest BCUT2D eigenvalue weighted by molar-refractivity contribution is 0.203. The molecule has 0 radical (unpaired) electrons. The maximum absolute atomic E-state index is 6.21. The zero-order chi connectivity index (χ0) is 26.9. The van der Waals surface area contributed by atoms with Gasteiger partial charge in [0.1, 0.15) is 0 Å². The Hall–Kier alpha value is -2.68. The fourth-order valence-corrected chi connectivity index (χ4v) is 4.90. The van der Waals surface area contributed by atoms with Gasteiger partial charge in [-0.25, -0.2) is 0 Å². The lowest BCUT2D eigenvalue weighted by Gasteiger charge is -2.30. The van der Waals surface area contributed by atoms with Crippen molar-refractivity contribution in [1.82, 2.24) is 14.9 Å². The van der Waals surface area contributed by atoms with Crippen molar-refractivity contribution in [3.8, 4) is 0 Å². The van der Waals surface area contributed by atoms with Gasteiger partial charge in [0.25, 0.3) is 0 Å². The zero-order valence-corrected chi connectivity index (χ0v) is 23.8. The zero-order valence-electron chi connectivity index (χ0n) is 22.2. The Morgan fingerprint density at radius 1 is 0.632 bits per heavy atom.